The summed E-state index contributed by atoms with van der Waals surface area (Å²) in [7, 11) is 1.66. The number of ether oxygens (including phenoxy) is 2. The topological polar surface area (TPSA) is 38.8 Å². The Balaban J connectivity index is 1.81. The average Bonchev–Trinajstić information content (AvgIpc) is 3.06. The molecule has 2 aliphatic heterocycles. The minimum Gasteiger partial charge on any atom is -0.497 e. The molecule has 0 N–H and O–H groups in total. The van der Waals surface area contributed by atoms with Crippen LogP contribution in [0.5, 0.6) is 5.75 Å². The summed E-state index contributed by atoms with van der Waals surface area (Å²) < 4.78 is 10.8. The van der Waals surface area contributed by atoms with Gasteiger partial charge in [0.15, 0.2) is 0 Å². The molecule has 134 valence electrons. The van der Waals surface area contributed by atoms with Gasteiger partial charge in [0.25, 0.3) is 0 Å². The van der Waals surface area contributed by atoms with Crippen molar-refractivity contribution < 1.29 is 14.3 Å². The van der Waals surface area contributed by atoms with Gasteiger partial charge >= 0.3 is 0 Å². The van der Waals surface area contributed by atoms with Crippen molar-refractivity contribution in [3.8, 4) is 5.75 Å². The van der Waals surface area contributed by atoms with Crippen LogP contribution >= 0.6 is 11.8 Å². The van der Waals surface area contributed by atoms with Gasteiger partial charge in [-0.25, -0.2) is 0 Å². The van der Waals surface area contributed by atoms with Gasteiger partial charge in [-0.05, 0) is 35.0 Å². The van der Waals surface area contributed by atoms with Gasteiger partial charge in [0, 0.05) is 18.7 Å². The predicted octanol–water partition coefficient (Wildman–Crippen LogP) is 3.75. The van der Waals surface area contributed by atoms with Crippen LogP contribution in [0.1, 0.15) is 17.0 Å². The van der Waals surface area contributed by atoms with E-state index in [1.54, 1.807) is 7.11 Å². The van der Waals surface area contributed by atoms with E-state index in [-0.39, 0.29) is 11.0 Å². The molecule has 0 radical (unpaired) electrons. The highest BCUT2D eigenvalue weighted by Crippen LogP contribution is 2.49. The number of nitrogens with zero attached hydrogens (tertiary/aromatic N) is 1. The van der Waals surface area contributed by atoms with Crippen LogP contribution in [0.2, 0.25) is 0 Å². The molecule has 4 rings (SSSR count). The van der Waals surface area contributed by atoms with Gasteiger partial charge in [0.2, 0.25) is 5.12 Å². The van der Waals surface area contributed by atoms with Crippen molar-refractivity contribution in [2.75, 3.05) is 33.4 Å². The fourth-order valence-corrected chi connectivity index (χ4v) is 4.68. The molecule has 0 aromatic heterocycles. The molecule has 0 amide bonds. The molecule has 2 aliphatic rings. The van der Waals surface area contributed by atoms with Crippen LogP contribution in [-0.4, -0.2) is 43.4 Å². The number of hydrogen-bond acceptors (Lipinski definition) is 5. The number of hydrogen-bond donors (Lipinski definition) is 0. The Hall–Kier alpha value is -2.24. The Labute approximate surface area is 157 Å². The molecule has 0 bridgehead atoms. The maximum atomic E-state index is 13.0. The molecule has 2 heterocycles. The lowest BCUT2D eigenvalue weighted by Gasteiger charge is -2.30. The van der Waals surface area contributed by atoms with Crippen LogP contribution in [0, 0.1) is 0 Å². The molecular formula is C21H21NO3S. The molecule has 2 aromatic rings. The summed E-state index contributed by atoms with van der Waals surface area (Å²) in [5.41, 5.74) is 3.20. The van der Waals surface area contributed by atoms with Crippen LogP contribution < -0.4 is 4.74 Å². The van der Waals surface area contributed by atoms with E-state index < -0.39 is 0 Å². The molecule has 2 aromatic carbocycles. The molecular weight excluding hydrogens is 346 g/mol. The zero-order valence-corrected chi connectivity index (χ0v) is 15.5. The summed E-state index contributed by atoms with van der Waals surface area (Å²) in [4.78, 5) is 15.3. The Kier molecular flexibility index (Phi) is 5.00. The van der Waals surface area contributed by atoms with Gasteiger partial charge in [0.05, 0.1) is 31.3 Å². The maximum Gasteiger partial charge on any atom is 0.207 e. The largest absolute Gasteiger partial charge is 0.497 e. The highest BCUT2D eigenvalue weighted by atomic mass is 32.2. The normalized spacial score (nSPS) is 20.6. The van der Waals surface area contributed by atoms with E-state index in [1.807, 2.05) is 54.6 Å². The second-order valence-electron chi connectivity index (χ2n) is 6.31. The molecule has 0 aliphatic carbocycles. The first-order chi connectivity index (χ1) is 12.8. The van der Waals surface area contributed by atoms with Gasteiger partial charge in [-0.2, -0.15) is 0 Å². The Morgan fingerprint density at radius 3 is 2.38 bits per heavy atom. The number of methoxy groups -OCH3 is 1. The minimum atomic E-state index is -0.243. The van der Waals surface area contributed by atoms with Crippen LogP contribution in [0.4, 0.5) is 0 Å². The molecule has 1 atom stereocenters. The van der Waals surface area contributed by atoms with Crippen molar-refractivity contribution >= 4 is 22.5 Å². The third-order valence-corrected chi connectivity index (χ3v) is 5.89. The van der Waals surface area contributed by atoms with Gasteiger partial charge in [0.1, 0.15) is 5.75 Å². The second kappa shape index (κ2) is 7.56. The second-order valence-corrected chi connectivity index (χ2v) is 7.30. The van der Waals surface area contributed by atoms with E-state index in [0.29, 0.717) is 13.2 Å². The van der Waals surface area contributed by atoms with E-state index in [4.69, 9.17) is 9.47 Å². The number of carbonyl (C=O) groups is 1. The third kappa shape index (κ3) is 3.24. The summed E-state index contributed by atoms with van der Waals surface area (Å²) in [6, 6.07) is 18.0. The van der Waals surface area contributed by atoms with Crippen molar-refractivity contribution in [1.29, 1.82) is 0 Å². The number of morpholine rings is 1. The van der Waals surface area contributed by atoms with E-state index in [0.717, 1.165) is 40.6 Å². The molecule has 1 saturated heterocycles. The maximum absolute atomic E-state index is 13.0. The lowest BCUT2D eigenvalue weighted by atomic mass is 9.88. The first-order valence-corrected chi connectivity index (χ1v) is 9.57. The quantitative estimate of drug-likeness (QED) is 0.823. The van der Waals surface area contributed by atoms with Crippen molar-refractivity contribution in [1.82, 2.24) is 4.90 Å². The smallest absolute Gasteiger partial charge is 0.207 e. The summed E-state index contributed by atoms with van der Waals surface area (Å²) in [6.07, 6.45) is 0. The predicted molar refractivity (Wildman–Crippen MR) is 104 cm³/mol. The minimum absolute atomic E-state index is 0.184. The highest BCUT2D eigenvalue weighted by molar-refractivity contribution is 8.17. The number of rotatable bonds is 4. The Bertz CT molecular complexity index is 811. The molecule has 1 fully saturated rings. The van der Waals surface area contributed by atoms with Crippen molar-refractivity contribution in [2.45, 2.75) is 5.92 Å². The summed E-state index contributed by atoms with van der Waals surface area (Å²) in [5, 5.41) is 1.25. The molecule has 26 heavy (non-hydrogen) atoms. The monoisotopic (exact) mass is 367 g/mol. The SMILES string of the molecule is COc1ccc(C2=C(N3CCOCC3)SC(=O)C2c2ccccc2)cc1. The standard InChI is InChI=1S/C21H21NO3S/c1-24-17-9-7-16(8-10-17)18-19(15-5-3-2-4-6-15)21(23)26-20(18)22-11-13-25-14-12-22/h2-10,19H,11-14H2,1H3. The van der Waals surface area contributed by atoms with Crippen molar-refractivity contribution in [2.24, 2.45) is 0 Å². The highest BCUT2D eigenvalue weighted by Gasteiger charge is 2.38. The molecule has 0 saturated carbocycles. The summed E-state index contributed by atoms with van der Waals surface area (Å²) in [5.74, 6) is 0.572. The van der Waals surface area contributed by atoms with E-state index in [1.165, 1.54) is 11.8 Å². The zero-order chi connectivity index (χ0) is 17.9. The fourth-order valence-electron chi connectivity index (χ4n) is 3.46. The van der Waals surface area contributed by atoms with Crippen molar-refractivity contribution in [3.63, 3.8) is 0 Å². The molecule has 5 heteroatoms. The Morgan fingerprint density at radius 1 is 1.04 bits per heavy atom. The molecule has 1 unspecified atom stereocenters. The first-order valence-electron chi connectivity index (χ1n) is 8.76. The summed E-state index contributed by atoms with van der Waals surface area (Å²) in [6.45, 7) is 3.03. The summed E-state index contributed by atoms with van der Waals surface area (Å²) >= 11 is 1.37. The zero-order valence-electron chi connectivity index (χ0n) is 14.7. The molecule has 4 nitrogen and oxygen atoms in total. The number of carbonyl (C=O) groups excluding carboxylic acids is 1. The Morgan fingerprint density at radius 2 is 1.73 bits per heavy atom. The van der Waals surface area contributed by atoms with Gasteiger partial charge in [-0.1, -0.05) is 42.5 Å². The number of thioether (sulfide) groups is 1. The fraction of sp³-hybridized carbons (Fsp3) is 0.286. The molecule has 0 spiro atoms. The van der Waals surface area contributed by atoms with E-state index >= 15 is 0 Å². The average molecular weight is 367 g/mol. The van der Waals surface area contributed by atoms with Gasteiger partial charge < -0.3 is 14.4 Å². The van der Waals surface area contributed by atoms with Crippen molar-refractivity contribution in [3.05, 3.63) is 70.8 Å². The lowest BCUT2D eigenvalue weighted by molar-refractivity contribution is -0.111. The van der Waals surface area contributed by atoms with Crippen LogP contribution in [0.15, 0.2) is 59.6 Å². The van der Waals surface area contributed by atoms with Crippen LogP contribution in [-0.2, 0) is 9.53 Å². The van der Waals surface area contributed by atoms with E-state index in [2.05, 4.69) is 4.90 Å². The van der Waals surface area contributed by atoms with E-state index in [9.17, 15) is 4.79 Å². The van der Waals surface area contributed by atoms with Gasteiger partial charge in [-0.3, -0.25) is 4.79 Å². The third-order valence-electron chi connectivity index (χ3n) is 4.78. The van der Waals surface area contributed by atoms with Gasteiger partial charge in [-0.15, -0.1) is 0 Å². The number of benzene rings is 2. The van der Waals surface area contributed by atoms with Crippen LogP contribution in [0.3, 0.4) is 0 Å². The first kappa shape index (κ1) is 17.2. The lowest BCUT2D eigenvalue weighted by Crippen LogP contribution is -2.34. The number of allylic oxidation sites excluding steroid dienone is 1. The van der Waals surface area contributed by atoms with Crippen LogP contribution in [0.25, 0.3) is 5.57 Å².